The molecule has 1 N–H and O–H groups in total. The largest absolute Gasteiger partial charge is 0.496 e. The lowest BCUT2D eigenvalue weighted by Gasteiger charge is -2.32. The molecular formula is C24H29ClN2O4. The molecule has 1 aliphatic heterocycles. The standard InChI is InChI=1S/C24H29ClN2O4/c1-3-4-17-5-8-20(9-6-17)31-16-23(28)26-19-11-13-27(14-12-19)24(29)21-15-18(25)7-10-22(21)30-2/h5-10,15,19H,3-4,11-14,16H2,1-2H3,(H,26,28). The van der Waals surface area contributed by atoms with Gasteiger partial charge in [-0.25, -0.2) is 0 Å². The highest BCUT2D eigenvalue weighted by molar-refractivity contribution is 6.31. The van der Waals surface area contributed by atoms with Crippen molar-refractivity contribution in [1.82, 2.24) is 10.2 Å². The zero-order valence-electron chi connectivity index (χ0n) is 18.0. The summed E-state index contributed by atoms with van der Waals surface area (Å²) >= 11 is 6.05. The number of rotatable bonds is 8. The fourth-order valence-electron chi connectivity index (χ4n) is 3.70. The molecule has 2 aromatic rings. The van der Waals surface area contributed by atoms with Crippen LogP contribution in [0.5, 0.6) is 11.5 Å². The molecule has 0 radical (unpaired) electrons. The van der Waals surface area contributed by atoms with Crippen LogP contribution in [0.3, 0.4) is 0 Å². The summed E-state index contributed by atoms with van der Waals surface area (Å²) < 4.78 is 10.9. The molecule has 0 aliphatic carbocycles. The number of carbonyl (C=O) groups excluding carboxylic acids is 2. The van der Waals surface area contributed by atoms with E-state index in [0.29, 0.717) is 48.0 Å². The molecule has 1 heterocycles. The number of amides is 2. The van der Waals surface area contributed by atoms with Gasteiger partial charge in [-0.1, -0.05) is 37.1 Å². The first kappa shape index (κ1) is 22.9. The predicted octanol–water partition coefficient (Wildman–Crippen LogP) is 4.10. The van der Waals surface area contributed by atoms with Gasteiger partial charge in [-0.3, -0.25) is 9.59 Å². The van der Waals surface area contributed by atoms with Crippen molar-refractivity contribution in [3.8, 4) is 11.5 Å². The summed E-state index contributed by atoms with van der Waals surface area (Å²) in [6, 6.07) is 12.9. The average molecular weight is 445 g/mol. The highest BCUT2D eigenvalue weighted by Gasteiger charge is 2.26. The Kier molecular flexibility index (Phi) is 8.18. The van der Waals surface area contributed by atoms with E-state index in [4.69, 9.17) is 21.1 Å². The van der Waals surface area contributed by atoms with Gasteiger partial charge in [0.05, 0.1) is 12.7 Å². The molecule has 6 nitrogen and oxygen atoms in total. The van der Waals surface area contributed by atoms with Crippen LogP contribution in [-0.4, -0.2) is 49.6 Å². The lowest BCUT2D eigenvalue weighted by atomic mass is 10.0. The van der Waals surface area contributed by atoms with Crippen molar-refractivity contribution in [2.45, 2.75) is 38.6 Å². The molecule has 2 aromatic carbocycles. The third-order valence-corrected chi connectivity index (χ3v) is 5.61. The number of benzene rings is 2. The van der Waals surface area contributed by atoms with Gasteiger partial charge < -0.3 is 19.7 Å². The van der Waals surface area contributed by atoms with E-state index in [1.54, 1.807) is 23.1 Å². The number of ether oxygens (including phenoxy) is 2. The maximum absolute atomic E-state index is 12.9. The minimum atomic E-state index is -0.154. The second-order valence-corrected chi connectivity index (χ2v) is 8.10. The second kappa shape index (κ2) is 11.0. The van der Waals surface area contributed by atoms with Crippen molar-refractivity contribution in [2.75, 3.05) is 26.8 Å². The smallest absolute Gasteiger partial charge is 0.258 e. The Morgan fingerprint density at radius 3 is 2.48 bits per heavy atom. The number of nitrogens with one attached hydrogen (secondary N) is 1. The molecule has 0 aromatic heterocycles. The maximum atomic E-state index is 12.9. The van der Waals surface area contributed by atoms with Gasteiger partial charge >= 0.3 is 0 Å². The van der Waals surface area contributed by atoms with Crippen molar-refractivity contribution in [3.05, 3.63) is 58.6 Å². The number of carbonyl (C=O) groups is 2. The molecule has 0 bridgehead atoms. The Morgan fingerprint density at radius 1 is 1.13 bits per heavy atom. The average Bonchev–Trinajstić information content (AvgIpc) is 2.79. The zero-order chi connectivity index (χ0) is 22.2. The van der Waals surface area contributed by atoms with Crippen LogP contribution in [0, 0.1) is 0 Å². The Labute approximate surface area is 188 Å². The van der Waals surface area contributed by atoms with E-state index in [1.807, 2.05) is 24.3 Å². The van der Waals surface area contributed by atoms with Crippen molar-refractivity contribution >= 4 is 23.4 Å². The van der Waals surface area contributed by atoms with Gasteiger partial charge in [0.25, 0.3) is 11.8 Å². The van der Waals surface area contributed by atoms with Crippen molar-refractivity contribution in [2.24, 2.45) is 0 Å². The molecule has 0 unspecified atom stereocenters. The van der Waals surface area contributed by atoms with Gasteiger partial charge in [-0.15, -0.1) is 0 Å². The fourth-order valence-corrected chi connectivity index (χ4v) is 3.88. The third kappa shape index (κ3) is 6.37. The van der Waals surface area contributed by atoms with E-state index in [0.717, 1.165) is 12.8 Å². The van der Waals surface area contributed by atoms with Crippen LogP contribution in [0.25, 0.3) is 0 Å². The molecule has 31 heavy (non-hydrogen) atoms. The van der Waals surface area contributed by atoms with Crippen molar-refractivity contribution in [3.63, 3.8) is 0 Å². The van der Waals surface area contributed by atoms with E-state index in [2.05, 4.69) is 12.2 Å². The molecule has 1 saturated heterocycles. The molecule has 7 heteroatoms. The lowest BCUT2D eigenvalue weighted by molar-refractivity contribution is -0.124. The van der Waals surface area contributed by atoms with Crippen molar-refractivity contribution in [1.29, 1.82) is 0 Å². The summed E-state index contributed by atoms with van der Waals surface area (Å²) in [5.41, 5.74) is 1.71. The predicted molar refractivity (Wildman–Crippen MR) is 121 cm³/mol. The van der Waals surface area contributed by atoms with Crippen LogP contribution in [0.15, 0.2) is 42.5 Å². The molecule has 0 saturated carbocycles. The lowest BCUT2D eigenvalue weighted by Crippen LogP contribution is -2.47. The first-order chi connectivity index (χ1) is 15.0. The Morgan fingerprint density at radius 2 is 1.84 bits per heavy atom. The molecule has 1 aliphatic rings. The second-order valence-electron chi connectivity index (χ2n) is 7.66. The first-order valence-electron chi connectivity index (χ1n) is 10.6. The van der Waals surface area contributed by atoms with Crippen LogP contribution in [-0.2, 0) is 11.2 Å². The highest BCUT2D eigenvalue weighted by atomic mass is 35.5. The van der Waals surface area contributed by atoms with E-state index in [-0.39, 0.29) is 24.5 Å². The monoisotopic (exact) mass is 444 g/mol. The Balaban J connectivity index is 1.45. The molecule has 0 atom stereocenters. The van der Waals surface area contributed by atoms with Crippen LogP contribution in [0.2, 0.25) is 5.02 Å². The van der Waals surface area contributed by atoms with Gasteiger partial charge in [0, 0.05) is 24.2 Å². The summed E-state index contributed by atoms with van der Waals surface area (Å²) in [5.74, 6) is 0.925. The van der Waals surface area contributed by atoms with Gasteiger partial charge in [0.1, 0.15) is 11.5 Å². The van der Waals surface area contributed by atoms with Crippen LogP contribution in [0.4, 0.5) is 0 Å². The molecular weight excluding hydrogens is 416 g/mol. The van der Waals surface area contributed by atoms with Gasteiger partial charge in [-0.2, -0.15) is 0 Å². The van der Waals surface area contributed by atoms with Crippen LogP contribution < -0.4 is 14.8 Å². The third-order valence-electron chi connectivity index (χ3n) is 5.37. The number of nitrogens with zero attached hydrogens (tertiary/aromatic N) is 1. The minimum absolute atomic E-state index is 0.0216. The normalized spacial score (nSPS) is 14.2. The number of halogens is 1. The van der Waals surface area contributed by atoms with E-state index < -0.39 is 0 Å². The molecule has 166 valence electrons. The highest BCUT2D eigenvalue weighted by Crippen LogP contribution is 2.25. The van der Waals surface area contributed by atoms with Gasteiger partial charge in [-0.05, 0) is 55.2 Å². The number of hydrogen-bond donors (Lipinski definition) is 1. The number of likely N-dealkylation sites (tertiary alicyclic amines) is 1. The number of methoxy groups -OCH3 is 1. The summed E-state index contributed by atoms with van der Waals surface area (Å²) in [4.78, 5) is 26.9. The van der Waals surface area contributed by atoms with Crippen molar-refractivity contribution < 1.29 is 19.1 Å². The summed E-state index contributed by atoms with van der Waals surface area (Å²) in [7, 11) is 1.53. The summed E-state index contributed by atoms with van der Waals surface area (Å²) in [6.07, 6.45) is 3.50. The van der Waals surface area contributed by atoms with Gasteiger partial charge in [0.15, 0.2) is 6.61 Å². The van der Waals surface area contributed by atoms with Crippen LogP contribution in [0.1, 0.15) is 42.1 Å². The summed E-state index contributed by atoms with van der Waals surface area (Å²) in [6.45, 7) is 3.23. The molecule has 1 fully saturated rings. The Hall–Kier alpha value is -2.73. The quantitative estimate of drug-likeness (QED) is 0.665. The summed E-state index contributed by atoms with van der Waals surface area (Å²) in [5, 5.41) is 3.50. The van der Waals surface area contributed by atoms with E-state index in [1.165, 1.54) is 12.7 Å². The molecule has 3 rings (SSSR count). The number of aryl methyl sites for hydroxylation is 1. The van der Waals surface area contributed by atoms with Crippen LogP contribution >= 0.6 is 11.6 Å². The van der Waals surface area contributed by atoms with E-state index in [9.17, 15) is 9.59 Å². The molecule has 0 spiro atoms. The first-order valence-corrected chi connectivity index (χ1v) is 11.0. The number of hydrogen-bond acceptors (Lipinski definition) is 4. The van der Waals surface area contributed by atoms with E-state index >= 15 is 0 Å². The van der Waals surface area contributed by atoms with Gasteiger partial charge in [0.2, 0.25) is 0 Å². The zero-order valence-corrected chi connectivity index (χ0v) is 18.8. The topological polar surface area (TPSA) is 67.9 Å². The number of piperidine rings is 1. The maximum Gasteiger partial charge on any atom is 0.258 e. The Bertz CT molecular complexity index is 893. The fraction of sp³-hybridized carbons (Fsp3) is 0.417. The SMILES string of the molecule is CCCc1ccc(OCC(=O)NC2CCN(C(=O)c3cc(Cl)ccc3OC)CC2)cc1. The molecule has 2 amide bonds. The minimum Gasteiger partial charge on any atom is -0.496 e.